The first-order valence-corrected chi connectivity index (χ1v) is 5.02. The van der Waals surface area contributed by atoms with Crippen molar-refractivity contribution in [2.45, 2.75) is 52.1 Å². The number of carboxylic acids is 2. The standard InChI is InChI=1S/C10H18O6/c1-5(2)15-7(9(11)12)8(10(13)14)16-6(3)4/h5-8H,1-4H3,(H,11,12)(H,13,14)/t7-,8-/m1/s1. The minimum Gasteiger partial charge on any atom is -0.479 e. The van der Waals surface area contributed by atoms with Crippen molar-refractivity contribution >= 4 is 11.9 Å². The number of hydrogen-bond acceptors (Lipinski definition) is 4. The predicted octanol–water partition coefficient (Wildman–Crippen LogP) is 0.743. The molecule has 2 N–H and O–H groups in total. The van der Waals surface area contributed by atoms with Gasteiger partial charge in [0.15, 0.2) is 12.2 Å². The van der Waals surface area contributed by atoms with Gasteiger partial charge in [-0.25, -0.2) is 9.59 Å². The first-order valence-electron chi connectivity index (χ1n) is 5.02. The Hall–Kier alpha value is -1.14. The summed E-state index contributed by atoms with van der Waals surface area (Å²) < 4.78 is 10.1. The number of carboxylic acid groups (broad SMARTS) is 2. The van der Waals surface area contributed by atoms with Crippen LogP contribution in [0.2, 0.25) is 0 Å². The summed E-state index contributed by atoms with van der Waals surface area (Å²) >= 11 is 0. The summed E-state index contributed by atoms with van der Waals surface area (Å²) in [6, 6.07) is 0. The second-order valence-corrected chi connectivity index (χ2v) is 3.89. The van der Waals surface area contributed by atoms with Gasteiger partial charge in [0.05, 0.1) is 12.2 Å². The van der Waals surface area contributed by atoms with Gasteiger partial charge in [-0.2, -0.15) is 0 Å². The van der Waals surface area contributed by atoms with Crippen LogP contribution in [0, 0.1) is 0 Å². The van der Waals surface area contributed by atoms with Crippen molar-refractivity contribution in [1.29, 1.82) is 0 Å². The number of rotatable bonds is 7. The monoisotopic (exact) mass is 234 g/mol. The number of carbonyl (C=O) groups is 2. The lowest BCUT2D eigenvalue weighted by Gasteiger charge is -2.24. The molecule has 6 heteroatoms. The van der Waals surface area contributed by atoms with Crippen molar-refractivity contribution in [2.24, 2.45) is 0 Å². The number of hydrogen-bond donors (Lipinski definition) is 2. The van der Waals surface area contributed by atoms with Crippen LogP contribution in [0.3, 0.4) is 0 Å². The third-order valence-electron chi connectivity index (χ3n) is 1.60. The molecule has 2 atom stereocenters. The zero-order chi connectivity index (χ0) is 12.9. The van der Waals surface area contributed by atoms with E-state index in [-0.39, 0.29) is 0 Å². The van der Waals surface area contributed by atoms with Gasteiger partial charge in [-0.05, 0) is 27.7 Å². The maximum Gasteiger partial charge on any atom is 0.336 e. The third-order valence-corrected chi connectivity index (χ3v) is 1.60. The normalized spacial score (nSPS) is 15.1. The summed E-state index contributed by atoms with van der Waals surface area (Å²) in [7, 11) is 0. The Balaban J connectivity index is 4.80. The van der Waals surface area contributed by atoms with Gasteiger partial charge in [-0.3, -0.25) is 0 Å². The van der Waals surface area contributed by atoms with E-state index in [1.54, 1.807) is 27.7 Å². The fraction of sp³-hybridized carbons (Fsp3) is 0.800. The van der Waals surface area contributed by atoms with Crippen LogP contribution >= 0.6 is 0 Å². The smallest absolute Gasteiger partial charge is 0.336 e. The van der Waals surface area contributed by atoms with E-state index in [0.717, 1.165) is 0 Å². The third kappa shape index (κ3) is 5.09. The van der Waals surface area contributed by atoms with Gasteiger partial charge < -0.3 is 19.7 Å². The van der Waals surface area contributed by atoms with Gasteiger partial charge >= 0.3 is 11.9 Å². The summed E-state index contributed by atoms with van der Waals surface area (Å²) in [4.78, 5) is 21.8. The maximum atomic E-state index is 10.9. The minimum atomic E-state index is -1.50. The Kier molecular flexibility index (Phi) is 5.98. The molecule has 0 aliphatic rings. The highest BCUT2D eigenvalue weighted by atomic mass is 16.6. The molecular weight excluding hydrogens is 216 g/mol. The molecule has 94 valence electrons. The summed E-state index contributed by atoms with van der Waals surface area (Å²) in [5.74, 6) is -2.69. The van der Waals surface area contributed by atoms with Crippen molar-refractivity contribution in [3.63, 3.8) is 0 Å². The van der Waals surface area contributed by atoms with Crippen LogP contribution in [0.4, 0.5) is 0 Å². The molecule has 0 bridgehead atoms. The highest BCUT2D eigenvalue weighted by Crippen LogP contribution is 2.11. The molecule has 0 unspecified atom stereocenters. The molecule has 0 aromatic carbocycles. The Labute approximate surface area is 94.2 Å². The van der Waals surface area contributed by atoms with Crippen molar-refractivity contribution in [3.05, 3.63) is 0 Å². The average molecular weight is 234 g/mol. The molecular formula is C10H18O6. The summed E-state index contributed by atoms with van der Waals surface area (Å²) in [6.45, 7) is 6.52. The highest BCUT2D eigenvalue weighted by Gasteiger charge is 2.37. The lowest BCUT2D eigenvalue weighted by molar-refractivity contribution is -0.184. The Morgan fingerprint density at radius 3 is 1.19 bits per heavy atom. The van der Waals surface area contributed by atoms with E-state index in [0.29, 0.717) is 0 Å². The van der Waals surface area contributed by atoms with Crippen LogP contribution in [-0.4, -0.2) is 46.6 Å². The Morgan fingerprint density at radius 1 is 0.812 bits per heavy atom. The van der Waals surface area contributed by atoms with Crippen LogP contribution < -0.4 is 0 Å². The van der Waals surface area contributed by atoms with E-state index >= 15 is 0 Å². The molecule has 0 aliphatic carbocycles. The molecule has 0 rings (SSSR count). The molecule has 6 nitrogen and oxygen atoms in total. The minimum absolute atomic E-state index is 0.390. The first kappa shape index (κ1) is 14.9. The average Bonchev–Trinajstić information content (AvgIpc) is 2.09. The maximum absolute atomic E-state index is 10.9. The summed E-state index contributed by atoms with van der Waals surface area (Å²) in [5, 5.41) is 17.8. The van der Waals surface area contributed by atoms with E-state index in [4.69, 9.17) is 19.7 Å². The molecule has 0 spiro atoms. The number of ether oxygens (including phenoxy) is 2. The molecule has 0 aromatic rings. The molecule has 0 aromatic heterocycles. The zero-order valence-electron chi connectivity index (χ0n) is 9.84. The van der Waals surface area contributed by atoms with Gasteiger partial charge in [0, 0.05) is 0 Å². The highest BCUT2D eigenvalue weighted by molar-refractivity contribution is 5.83. The van der Waals surface area contributed by atoms with E-state index in [2.05, 4.69) is 0 Å². The van der Waals surface area contributed by atoms with Gasteiger partial charge in [0.1, 0.15) is 0 Å². The van der Waals surface area contributed by atoms with E-state index < -0.39 is 36.4 Å². The second-order valence-electron chi connectivity index (χ2n) is 3.89. The fourth-order valence-corrected chi connectivity index (χ4v) is 1.10. The van der Waals surface area contributed by atoms with Crippen molar-refractivity contribution in [1.82, 2.24) is 0 Å². The van der Waals surface area contributed by atoms with Crippen LogP contribution in [-0.2, 0) is 19.1 Å². The lowest BCUT2D eigenvalue weighted by Crippen LogP contribution is -2.45. The van der Waals surface area contributed by atoms with Crippen LogP contribution in [0.15, 0.2) is 0 Å². The molecule has 0 fully saturated rings. The SMILES string of the molecule is CC(C)O[C@@H](C(=O)O)[C@@H](OC(C)C)C(=O)O. The van der Waals surface area contributed by atoms with E-state index in [1.807, 2.05) is 0 Å². The molecule has 0 aliphatic heterocycles. The van der Waals surface area contributed by atoms with Gasteiger partial charge in [-0.15, -0.1) is 0 Å². The molecule has 0 saturated heterocycles. The largest absolute Gasteiger partial charge is 0.479 e. The summed E-state index contributed by atoms with van der Waals surface area (Å²) in [6.07, 6.45) is -3.78. The van der Waals surface area contributed by atoms with Crippen molar-refractivity contribution in [3.8, 4) is 0 Å². The van der Waals surface area contributed by atoms with Crippen LogP contribution in [0.5, 0.6) is 0 Å². The van der Waals surface area contributed by atoms with Gasteiger partial charge in [0.25, 0.3) is 0 Å². The Bertz CT molecular complexity index is 222. The van der Waals surface area contributed by atoms with Crippen molar-refractivity contribution in [2.75, 3.05) is 0 Å². The van der Waals surface area contributed by atoms with Crippen LogP contribution in [0.1, 0.15) is 27.7 Å². The fourth-order valence-electron chi connectivity index (χ4n) is 1.10. The second kappa shape index (κ2) is 6.44. The van der Waals surface area contributed by atoms with E-state index in [1.165, 1.54) is 0 Å². The van der Waals surface area contributed by atoms with E-state index in [9.17, 15) is 9.59 Å². The quantitative estimate of drug-likeness (QED) is 0.675. The van der Waals surface area contributed by atoms with Crippen LogP contribution in [0.25, 0.3) is 0 Å². The molecule has 0 heterocycles. The molecule has 0 amide bonds. The topological polar surface area (TPSA) is 93.1 Å². The van der Waals surface area contributed by atoms with Gasteiger partial charge in [0.2, 0.25) is 0 Å². The molecule has 0 saturated carbocycles. The first-order chi connectivity index (χ1) is 7.25. The lowest BCUT2D eigenvalue weighted by atomic mass is 10.2. The Morgan fingerprint density at radius 2 is 1.06 bits per heavy atom. The zero-order valence-corrected chi connectivity index (χ0v) is 9.84. The number of aliphatic carboxylic acids is 2. The molecule has 0 radical (unpaired) electrons. The molecule has 16 heavy (non-hydrogen) atoms. The summed E-state index contributed by atoms with van der Waals surface area (Å²) in [5.41, 5.74) is 0. The predicted molar refractivity (Wildman–Crippen MR) is 55.3 cm³/mol. The van der Waals surface area contributed by atoms with Crippen molar-refractivity contribution < 1.29 is 29.3 Å². The van der Waals surface area contributed by atoms with Gasteiger partial charge in [-0.1, -0.05) is 0 Å².